The van der Waals surface area contributed by atoms with Gasteiger partial charge in [0.05, 0.1) is 12.1 Å². The van der Waals surface area contributed by atoms with Crippen molar-refractivity contribution in [1.82, 2.24) is 0 Å². The quantitative estimate of drug-likeness (QED) is 0.765. The molecule has 0 aromatic heterocycles. The summed E-state index contributed by atoms with van der Waals surface area (Å²) < 4.78 is 12.8. The van der Waals surface area contributed by atoms with Gasteiger partial charge in [-0.3, -0.25) is 4.79 Å². The minimum atomic E-state index is -0.0908. The predicted octanol–water partition coefficient (Wildman–Crippen LogP) is 4.47. The first-order valence-electron chi connectivity index (χ1n) is 7.17. The number of amides is 1. The van der Waals surface area contributed by atoms with Crippen molar-refractivity contribution in [3.8, 4) is 11.5 Å². The van der Waals surface area contributed by atoms with E-state index < -0.39 is 0 Å². The predicted molar refractivity (Wildman–Crippen MR) is 96.3 cm³/mol. The lowest BCUT2D eigenvalue weighted by Gasteiger charge is -2.20. The molecular formula is C17H15Br2NO3. The molecule has 0 bridgehead atoms. The van der Waals surface area contributed by atoms with Gasteiger partial charge in [-0.05, 0) is 58.2 Å². The number of rotatable bonds is 3. The molecule has 1 N–H and O–H groups in total. The summed E-state index contributed by atoms with van der Waals surface area (Å²) in [4.78, 5) is 12.3. The van der Waals surface area contributed by atoms with Crippen molar-refractivity contribution in [2.45, 2.75) is 13.3 Å². The number of nitrogens with one attached hydrogen (secondary N) is 1. The van der Waals surface area contributed by atoms with E-state index in [-0.39, 0.29) is 12.3 Å². The van der Waals surface area contributed by atoms with Crippen LogP contribution in [-0.2, 0) is 11.2 Å². The molecule has 0 aliphatic carbocycles. The number of benzene rings is 2. The zero-order chi connectivity index (χ0) is 16.4. The van der Waals surface area contributed by atoms with Crippen molar-refractivity contribution in [3.05, 3.63) is 50.4 Å². The van der Waals surface area contributed by atoms with E-state index in [4.69, 9.17) is 9.47 Å². The molecule has 0 atom stereocenters. The third kappa shape index (κ3) is 3.87. The van der Waals surface area contributed by atoms with Gasteiger partial charge in [0.25, 0.3) is 0 Å². The first-order valence-corrected chi connectivity index (χ1v) is 8.75. The molecule has 0 unspecified atom stereocenters. The second-order valence-corrected chi connectivity index (χ2v) is 7.00. The van der Waals surface area contributed by atoms with Crippen molar-refractivity contribution >= 4 is 43.5 Å². The first-order chi connectivity index (χ1) is 11.0. The fourth-order valence-electron chi connectivity index (χ4n) is 2.33. The molecule has 1 aliphatic rings. The molecule has 3 rings (SSSR count). The Kier molecular flexibility index (Phi) is 4.92. The molecule has 0 fully saturated rings. The van der Waals surface area contributed by atoms with E-state index in [0.29, 0.717) is 24.7 Å². The summed E-state index contributed by atoms with van der Waals surface area (Å²) in [5, 5.41) is 2.91. The fourth-order valence-corrected chi connectivity index (χ4v) is 3.39. The third-order valence-electron chi connectivity index (χ3n) is 3.46. The molecule has 4 nitrogen and oxygen atoms in total. The van der Waals surface area contributed by atoms with E-state index in [1.807, 2.05) is 37.3 Å². The zero-order valence-electron chi connectivity index (χ0n) is 12.5. The Morgan fingerprint density at radius 2 is 1.78 bits per heavy atom. The molecule has 0 saturated carbocycles. The average Bonchev–Trinajstić information content (AvgIpc) is 2.51. The molecule has 0 spiro atoms. The highest BCUT2D eigenvalue weighted by Crippen LogP contribution is 2.36. The van der Waals surface area contributed by atoms with Gasteiger partial charge >= 0.3 is 0 Å². The van der Waals surface area contributed by atoms with Crippen LogP contribution in [0.15, 0.2) is 39.3 Å². The van der Waals surface area contributed by atoms with Crippen LogP contribution in [0.3, 0.4) is 0 Å². The van der Waals surface area contributed by atoms with Gasteiger partial charge in [0.2, 0.25) is 5.91 Å². The van der Waals surface area contributed by atoms with Crippen molar-refractivity contribution in [3.63, 3.8) is 0 Å². The highest BCUT2D eigenvalue weighted by atomic mass is 79.9. The SMILES string of the molecule is Cc1ccc(NC(=O)Cc2cc3c(cc2Br)OCCO3)c(Br)c1. The molecule has 23 heavy (non-hydrogen) atoms. The Hall–Kier alpha value is -1.53. The summed E-state index contributed by atoms with van der Waals surface area (Å²) in [6.45, 7) is 3.07. The van der Waals surface area contributed by atoms with E-state index in [1.165, 1.54) is 0 Å². The second kappa shape index (κ2) is 6.93. The Morgan fingerprint density at radius 1 is 1.09 bits per heavy atom. The minimum Gasteiger partial charge on any atom is -0.486 e. The summed E-state index contributed by atoms with van der Waals surface area (Å²) in [6, 6.07) is 9.51. The first kappa shape index (κ1) is 16.3. The standard InChI is InChI=1S/C17H15Br2NO3/c1-10-2-3-14(13(19)6-10)20-17(21)8-11-7-15-16(9-12(11)18)23-5-4-22-15/h2-3,6-7,9H,4-5,8H2,1H3,(H,20,21). The van der Waals surface area contributed by atoms with Crippen LogP contribution in [0.5, 0.6) is 11.5 Å². The molecule has 0 saturated heterocycles. The van der Waals surface area contributed by atoms with E-state index >= 15 is 0 Å². The van der Waals surface area contributed by atoms with Gasteiger partial charge in [-0.1, -0.05) is 22.0 Å². The van der Waals surface area contributed by atoms with Crippen LogP contribution in [0.25, 0.3) is 0 Å². The maximum Gasteiger partial charge on any atom is 0.228 e. The number of anilines is 1. The van der Waals surface area contributed by atoms with Crippen molar-refractivity contribution < 1.29 is 14.3 Å². The highest BCUT2D eigenvalue weighted by Gasteiger charge is 2.17. The van der Waals surface area contributed by atoms with Crippen LogP contribution < -0.4 is 14.8 Å². The summed E-state index contributed by atoms with van der Waals surface area (Å²) in [6.07, 6.45) is 0.248. The topological polar surface area (TPSA) is 47.6 Å². The Labute approximate surface area is 151 Å². The number of hydrogen-bond acceptors (Lipinski definition) is 3. The molecular weight excluding hydrogens is 426 g/mol. The van der Waals surface area contributed by atoms with E-state index in [2.05, 4.69) is 37.2 Å². The number of fused-ring (bicyclic) bond motifs is 1. The molecule has 0 radical (unpaired) electrons. The summed E-state index contributed by atoms with van der Waals surface area (Å²) in [5.74, 6) is 1.29. The van der Waals surface area contributed by atoms with Gasteiger partial charge in [-0.25, -0.2) is 0 Å². The number of aryl methyl sites for hydroxylation is 1. The highest BCUT2D eigenvalue weighted by molar-refractivity contribution is 9.11. The van der Waals surface area contributed by atoms with Gasteiger partial charge < -0.3 is 14.8 Å². The minimum absolute atomic E-state index is 0.0908. The Morgan fingerprint density at radius 3 is 2.48 bits per heavy atom. The number of hydrogen-bond donors (Lipinski definition) is 1. The lowest BCUT2D eigenvalue weighted by molar-refractivity contribution is -0.115. The van der Waals surface area contributed by atoms with Gasteiger partial charge in [-0.15, -0.1) is 0 Å². The Balaban J connectivity index is 1.75. The third-order valence-corrected chi connectivity index (χ3v) is 4.86. The maximum atomic E-state index is 12.3. The molecule has 1 amide bonds. The van der Waals surface area contributed by atoms with Crippen molar-refractivity contribution in [1.29, 1.82) is 0 Å². The van der Waals surface area contributed by atoms with Gasteiger partial charge in [-0.2, -0.15) is 0 Å². The van der Waals surface area contributed by atoms with Crippen LogP contribution in [-0.4, -0.2) is 19.1 Å². The average molecular weight is 441 g/mol. The van der Waals surface area contributed by atoms with E-state index in [9.17, 15) is 4.79 Å². The van der Waals surface area contributed by atoms with Crippen molar-refractivity contribution in [2.75, 3.05) is 18.5 Å². The number of halogens is 2. The Bertz CT molecular complexity index is 762. The van der Waals surface area contributed by atoms with Crippen LogP contribution in [0.1, 0.15) is 11.1 Å². The lowest BCUT2D eigenvalue weighted by atomic mass is 10.1. The smallest absolute Gasteiger partial charge is 0.228 e. The summed E-state index contributed by atoms with van der Waals surface area (Å²) >= 11 is 6.95. The van der Waals surface area contributed by atoms with Gasteiger partial charge in [0.1, 0.15) is 13.2 Å². The van der Waals surface area contributed by atoms with E-state index in [0.717, 1.165) is 25.8 Å². The summed E-state index contributed by atoms with van der Waals surface area (Å²) in [5.41, 5.74) is 2.74. The van der Waals surface area contributed by atoms with Crippen LogP contribution in [0, 0.1) is 6.92 Å². The van der Waals surface area contributed by atoms with Crippen LogP contribution in [0.2, 0.25) is 0 Å². The fraction of sp³-hybridized carbons (Fsp3) is 0.235. The maximum absolute atomic E-state index is 12.3. The van der Waals surface area contributed by atoms with Crippen LogP contribution in [0.4, 0.5) is 5.69 Å². The van der Waals surface area contributed by atoms with Gasteiger partial charge in [0.15, 0.2) is 11.5 Å². The van der Waals surface area contributed by atoms with Crippen molar-refractivity contribution in [2.24, 2.45) is 0 Å². The lowest BCUT2D eigenvalue weighted by Crippen LogP contribution is -2.17. The number of ether oxygens (including phenoxy) is 2. The normalized spacial score (nSPS) is 12.8. The number of carbonyl (C=O) groups excluding carboxylic acids is 1. The zero-order valence-corrected chi connectivity index (χ0v) is 15.7. The number of carbonyl (C=O) groups is 1. The molecule has 120 valence electrons. The molecule has 2 aromatic carbocycles. The molecule has 1 aliphatic heterocycles. The van der Waals surface area contributed by atoms with E-state index in [1.54, 1.807) is 0 Å². The molecule has 6 heteroatoms. The van der Waals surface area contributed by atoms with Crippen LogP contribution >= 0.6 is 31.9 Å². The molecule has 2 aromatic rings. The largest absolute Gasteiger partial charge is 0.486 e. The molecule has 1 heterocycles. The van der Waals surface area contributed by atoms with Gasteiger partial charge in [0, 0.05) is 8.95 Å². The summed E-state index contributed by atoms with van der Waals surface area (Å²) in [7, 11) is 0. The monoisotopic (exact) mass is 439 g/mol. The second-order valence-electron chi connectivity index (χ2n) is 5.30.